The van der Waals surface area contributed by atoms with Crippen LogP contribution in [0.1, 0.15) is 26.7 Å². The first kappa shape index (κ1) is 14.7. The van der Waals surface area contributed by atoms with Gasteiger partial charge in [0.2, 0.25) is 11.8 Å². The molecule has 1 fully saturated rings. The Labute approximate surface area is 109 Å². The molecule has 0 atom stereocenters. The minimum Gasteiger partial charge on any atom is -0.480 e. The highest BCUT2D eigenvalue weighted by atomic mass is 16.5. The van der Waals surface area contributed by atoms with Crippen molar-refractivity contribution >= 4 is 0 Å². The van der Waals surface area contributed by atoms with Crippen LogP contribution in [0, 0.1) is 0 Å². The largest absolute Gasteiger partial charge is 0.480 e. The molecular weight excluding hydrogens is 230 g/mol. The lowest BCUT2D eigenvalue weighted by Gasteiger charge is -2.28. The van der Waals surface area contributed by atoms with Crippen molar-refractivity contribution in [3.63, 3.8) is 0 Å². The van der Waals surface area contributed by atoms with Gasteiger partial charge in [-0.1, -0.05) is 13.8 Å². The van der Waals surface area contributed by atoms with Gasteiger partial charge in [-0.05, 0) is 19.9 Å². The number of hydrogen-bond donors (Lipinski definition) is 0. The summed E-state index contributed by atoms with van der Waals surface area (Å²) in [6.45, 7) is 6.16. The Morgan fingerprint density at radius 1 is 1.11 bits per heavy atom. The Hall–Kier alpha value is -1.36. The van der Waals surface area contributed by atoms with Gasteiger partial charge in [0.25, 0.3) is 0 Å². The Morgan fingerprint density at radius 2 is 1.67 bits per heavy atom. The molecule has 1 saturated heterocycles. The topological polar surface area (TPSA) is 47.5 Å². The van der Waals surface area contributed by atoms with E-state index in [4.69, 9.17) is 9.47 Å². The summed E-state index contributed by atoms with van der Waals surface area (Å²) < 4.78 is 10.7. The van der Waals surface area contributed by atoms with Crippen LogP contribution in [0.15, 0.2) is 12.1 Å². The van der Waals surface area contributed by atoms with Gasteiger partial charge in [-0.2, -0.15) is 0 Å². The third kappa shape index (κ3) is 4.49. The third-order valence-electron chi connectivity index (χ3n) is 2.78. The lowest BCUT2D eigenvalue weighted by atomic mass is 10.1. The summed E-state index contributed by atoms with van der Waals surface area (Å²) in [6, 6.07) is 3.56. The number of nitrogens with zero attached hydrogens (tertiary/aromatic N) is 3. The molecule has 0 amide bonds. The van der Waals surface area contributed by atoms with Crippen molar-refractivity contribution in [1.29, 1.82) is 0 Å². The van der Waals surface area contributed by atoms with Gasteiger partial charge in [-0.3, -0.25) is 0 Å². The molecule has 1 aromatic rings. The van der Waals surface area contributed by atoms with Crippen molar-refractivity contribution in [2.24, 2.45) is 0 Å². The second-order valence-corrected chi connectivity index (χ2v) is 4.03. The fraction of sp³-hybridized carbons (Fsp3) is 0.692. The number of likely N-dealkylation sites (tertiary alicyclic amines) is 1. The molecule has 102 valence electrons. The lowest BCUT2D eigenvalue weighted by Crippen LogP contribution is -2.35. The maximum Gasteiger partial charge on any atom is 0.233 e. The normalized spacial score (nSPS) is 16.7. The average molecular weight is 253 g/mol. The number of ether oxygens (including phenoxy) is 2. The Balaban J connectivity index is 0.000000771. The number of aromatic nitrogens is 2. The van der Waals surface area contributed by atoms with E-state index in [1.165, 1.54) is 0 Å². The Bertz CT molecular complexity index is 322. The van der Waals surface area contributed by atoms with Crippen LogP contribution in [0.5, 0.6) is 11.8 Å². The molecule has 1 aromatic heterocycles. The number of hydrogen-bond acceptors (Lipinski definition) is 5. The van der Waals surface area contributed by atoms with Crippen molar-refractivity contribution in [2.75, 3.05) is 27.2 Å². The number of rotatable bonds is 3. The second kappa shape index (κ2) is 7.87. The van der Waals surface area contributed by atoms with Crippen LogP contribution < -0.4 is 9.47 Å². The van der Waals surface area contributed by atoms with Gasteiger partial charge in [-0.15, -0.1) is 10.2 Å². The standard InChI is InChI=1S/C11H17N3O2.C2H6/c1-14-7-5-9(6-8-14)16-11-4-3-10(15-2)12-13-11;1-2/h3-4,9H,5-8H2,1-2H3;1-2H3. The summed E-state index contributed by atoms with van der Waals surface area (Å²) in [5.41, 5.74) is 0. The first-order chi connectivity index (χ1) is 8.78. The Morgan fingerprint density at radius 3 is 2.17 bits per heavy atom. The van der Waals surface area contributed by atoms with Crippen molar-refractivity contribution in [3.05, 3.63) is 12.1 Å². The molecule has 18 heavy (non-hydrogen) atoms. The Kier molecular flexibility index (Phi) is 6.43. The average Bonchev–Trinajstić information content (AvgIpc) is 2.44. The summed E-state index contributed by atoms with van der Waals surface area (Å²) in [4.78, 5) is 2.31. The molecule has 2 heterocycles. The van der Waals surface area contributed by atoms with Gasteiger partial charge in [0.1, 0.15) is 6.10 Å². The maximum absolute atomic E-state index is 5.75. The summed E-state index contributed by atoms with van der Waals surface area (Å²) in [5, 5.41) is 7.82. The van der Waals surface area contributed by atoms with E-state index in [-0.39, 0.29) is 6.10 Å². The van der Waals surface area contributed by atoms with Crippen LogP contribution in [0.3, 0.4) is 0 Å². The van der Waals surface area contributed by atoms with Gasteiger partial charge >= 0.3 is 0 Å². The zero-order chi connectivity index (χ0) is 13.4. The van der Waals surface area contributed by atoms with Crippen LogP contribution in [0.25, 0.3) is 0 Å². The molecular formula is C13H23N3O2. The molecule has 0 spiro atoms. The van der Waals surface area contributed by atoms with Crippen molar-refractivity contribution in [3.8, 4) is 11.8 Å². The molecule has 2 rings (SSSR count). The molecule has 1 aliphatic rings. The van der Waals surface area contributed by atoms with E-state index in [0.29, 0.717) is 11.8 Å². The van der Waals surface area contributed by atoms with E-state index in [0.717, 1.165) is 25.9 Å². The third-order valence-corrected chi connectivity index (χ3v) is 2.78. The SMILES string of the molecule is CC.COc1ccc(OC2CCN(C)CC2)nn1. The zero-order valence-electron chi connectivity index (χ0n) is 11.7. The molecule has 0 aromatic carbocycles. The zero-order valence-corrected chi connectivity index (χ0v) is 11.7. The lowest BCUT2D eigenvalue weighted by molar-refractivity contribution is 0.108. The van der Waals surface area contributed by atoms with E-state index in [2.05, 4.69) is 22.1 Å². The van der Waals surface area contributed by atoms with Gasteiger partial charge in [0.15, 0.2) is 0 Å². The molecule has 0 N–H and O–H groups in total. The fourth-order valence-electron chi connectivity index (χ4n) is 1.75. The summed E-state index contributed by atoms with van der Waals surface area (Å²) in [5.74, 6) is 1.09. The molecule has 5 nitrogen and oxygen atoms in total. The highest BCUT2D eigenvalue weighted by Crippen LogP contribution is 2.16. The highest BCUT2D eigenvalue weighted by molar-refractivity contribution is 5.15. The molecule has 0 bridgehead atoms. The van der Waals surface area contributed by atoms with Crippen molar-refractivity contribution in [2.45, 2.75) is 32.8 Å². The van der Waals surface area contributed by atoms with Crippen LogP contribution in [0.4, 0.5) is 0 Å². The van der Waals surface area contributed by atoms with E-state index in [9.17, 15) is 0 Å². The first-order valence-electron chi connectivity index (χ1n) is 6.51. The van der Waals surface area contributed by atoms with Crippen LogP contribution >= 0.6 is 0 Å². The quantitative estimate of drug-likeness (QED) is 0.824. The van der Waals surface area contributed by atoms with Crippen LogP contribution in [-0.2, 0) is 0 Å². The minimum atomic E-state index is 0.263. The fourth-order valence-corrected chi connectivity index (χ4v) is 1.75. The molecule has 0 aliphatic carbocycles. The molecule has 5 heteroatoms. The molecule has 0 unspecified atom stereocenters. The number of piperidine rings is 1. The van der Waals surface area contributed by atoms with Crippen LogP contribution in [0.2, 0.25) is 0 Å². The minimum absolute atomic E-state index is 0.263. The summed E-state index contributed by atoms with van der Waals surface area (Å²) in [6.07, 6.45) is 2.35. The molecule has 0 radical (unpaired) electrons. The highest BCUT2D eigenvalue weighted by Gasteiger charge is 2.18. The van der Waals surface area contributed by atoms with Gasteiger partial charge in [0, 0.05) is 25.2 Å². The summed E-state index contributed by atoms with van der Waals surface area (Å²) in [7, 11) is 3.70. The van der Waals surface area contributed by atoms with E-state index in [1.807, 2.05) is 13.8 Å². The van der Waals surface area contributed by atoms with E-state index in [1.54, 1.807) is 19.2 Å². The smallest absolute Gasteiger partial charge is 0.233 e. The monoisotopic (exact) mass is 253 g/mol. The second-order valence-electron chi connectivity index (χ2n) is 4.03. The van der Waals surface area contributed by atoms with Gasteiger partial charge in [0.05, 0.1) is 7.11 Å². The number of methoxy groups -OCH3 is 1. The van der Waals surface area contributed by atoms with Gasteiger partial charge in [-0.25, -0.2) is 0 Å². The predicted molar refractivity (Wildman–Crippen MR) is 71.1 cm³/mol. The maximum atomic E-state index is 5.75. The molecule has 0 saturated carbocycles. The van der Waals surface area contributed by atoms with E-state index < -0.39 is 0 Å². The van der Waals surface area contributed by atoms with E-state index >= 15 is 0 Å². The summed E-state index contributed by atoms with van der Waals surface area (Å²) >= 11 is 0. The van der Waals surface area contributed by atoms with Crippen molar-refractivity contribution in [1.82, 2.24) is 15.1 Å². The van der Waals surface area contributed by atoms with Gasteiger partial charge < -0.3 is 14.4 Å². The van der Waals surface area contributed by atoms with Crippen molar-refractivity contribution < 1.29 is 9.47 Å². The predicted octanol–water partition coefficient (Wildman–Crippen LogP) is 1.98. The molecule has 1 aliphatic heterocycles. The van der Waals surface area contributed by atoms with Crippen LogP contribution in [-0.4, -0.2) is 48.4 Å². The first-order valence-corrected chi connectivity index (χ1v) is 6.51.